The van der Waals surface area contributed by atoms with Crippen molar-refractivity contribution < 1.29 is 4.79 Å². The summed E-state index contributed by atoms with van der Waals surface area (Å²) in [6.07, 6.45) is 0.994. The van der Waals surface area contributed by atoms with Gasteiger partial charge >= 0.3 is 0 Å². The third kappa shape index (κ3) is 3.46. The molecule has 106 valence electrons. The van der Waals surface area contributed by atoms with Gasteiger partial charge < -0.3 is 11.1 Å². The molecular formula is C16H20N2OS. The maximum atomic E-state index is 12.3. The van der Waals surface area contributed by atoms with Gasteiger partial charge in [-0.25, -0.2) is 0 Å². The largest absolute Gasteiger partial charge is 0.351 e. The Balaban J connectivity index is 2.00. The van der Waals surface area contributed by atoms with Gasteiger partial charge in [-0.1, -0.05) is 37.3 Å². The van der Waals surface area contributed by atoms with Crippen molar-refractivity contribution in [1.82, 2.24) is 5.32 Å². The standard InChI is InChI=1S/C16H20N2OS/c1-2-12-8-9-20-15(12)11-18-16(19)14(10-17)13-6-4-3-5-7-13/h3-9,14H,2,10-11,17H2,1H3,(H,18,19). The molecule has 0 aliphatic heterocycles. The average Bonchev–Trinajstić information content (AvgIpc) is 2.94. The number of hydrogen-bond donors (Lipinski definition) is 2. The third-order valence-corrected chi connectivity index (χ3v) is 4.36. The van der Waals surface area contributed by atoms with Gasteiger partial charge in [-0.15, -0.1) is 11.3 Å². The highest BCUT2D eigenvalue weighted by Crippen LogP contribution is 2.18. The minimum atomic E-state index is -0.277. The quantitative estimate of drug-likeness (QED) is 0.858. The molecule has 0 fully saturated rings. The summed E-state index contributed by atoms with van der Waals surface area (Å²) < 4.78 is 0. The Labute approximate surface area is 123 Å². The van der Waals surface area contributed by atoms with Crippen LogP contribution >= 0.6 is 11.3 Å². The molecule has 1 atom stereocenters. The molecular weight excluding hydrogens is 268 g/mol. The summed E-state index contributed by atoms with van der Waals surface area (Å²) in [6, 6.07) is 11.8. The highest BCUT2D eigenvalue weighted by atomic mass is 32.1. The topological polar surface area (TPSA) is 55.1 Å². The average molecular weight is 288 g/mol. The first kappa shape index (κ1) is 14.8. The lowest BCUT2D eigenvalue weighted by Crippen LogP contribution is -2.33. The highest BCUT2D eigenvalue weighted by Gasteiger charge is 2.18. The van der Waals surface area contributed by atoms with Crippen LogP contribution in [0.3, 0.4) is 0 Å². The van der Waals surface area contributed by atoms with Gasteiger partial charge in [0, 0.05) is 11.4 Å². The number of carbonyl (C=O) groups is 1. The number of benzene rings is 1. The highest BCUT2D eigenvalue weighted by molar-refractivity contribution is 7.10. The van der Waals surface area contributed by atoms with Crippen LogP contribution in [-0.4, -0.2) is 12.5 Å². The van der Waals surface area contributed by atoms with Gasteiger partial charge in [-0.3, -0.25) is 4.79 Å². The van der Waals surface area contributed by atoms with Crippen molar-refractivity contribution in [3.05, 3.63) is 57.8 Å². The summed E-state index contributed by atoms with van der Waals surface area (Å²) in [6.45, 7) is 3.03. The molecule has 3 N–H and O–H groups in total. The van der Waals surface area contributed by atoms with Crippen LogP contribution in [0, 0.1) is 0 Å². The van der Waals surface area contributed by atoms with E-state index in [2.05, 4.69) is 23.7 Å². The maximum absolute atomic E-state index is 12.3. The van der Waals surface area contributed by atoms with Crippen molar-refractivity contribution in [3.8, 4) is 0 Å². The molecule has 0 radical (unpaired) electrons. The Bertz CT molecular complexity index is 551. The van der Waals surface area contributed by atoms with E-state index in [1.807, 2.05) is 30.3 Å². The maximum Gasteiger partial charge on any atom is 0.229 e. The SMILES string of the molecule is CCc1ccsc1CNC(=O)C(CN)c1ccccc1. The summed E-state index contributed by atoms with van der Waals surface area (Å²) in [4.78, 5) is 13.5. The molecule has 0 saturated carbocycles. The van der Waals surface area contributed by atoms with Crippen LogP contribution in [0.1, 0.15) is 28.8 Å². The van der Waals surface area contributed by atoms with Gasteiger partial charge in [0.1, 0.15) is 0 Å². The number of amides is 1. The minimum absolute atomic E-state index is 0.00541. The van der Waals surface area contributed by atoms with E-state index in [4.69, 9.17) is 5.73 Å². The molecule has 2 rings (SSSR count). The molecule has 3 nitrogen and oxygen atoms in total. The van der Waals surface area contributed by atoms with Crippen LogP contribution in [0.2, 0.25) is 0 Å². The molecule has 20 heavy (non-hydrogen) atoms. The summed E-state index contributed by atoms with van der Waals surface area (Å²) in [5.41, 5.74) is 8.02. The zero-order chi connectivity index (χ0) is 14.4. The van der Waals surface area contributed by atoms with E-state index in [0.29, 0.717) is 13.1 Å². The van der Waals surface area contributed by atoms with Crippen LogP contribution in [0.25, 0.3) is 0 Å². The van der Waals surface area contributed by atoms with Gasteiger partial charge in [0.05, 0.1) is 12.5 Å². The zero-order valence-corrected chi connectivity index (χ0v) is 12.5. The predicted molar refractivity (Wildman–Crippen MR) is 83.8 cm³/mol. The van der Waals surface area contributed by atoms with Gasteiger partial charge in [-0.2, -0.15) is 0 Å². The molecule has 0 aliphatic carbocycles. The Morgan fingerprint density at radius 3 is 2.70 bits per heavy atom. The van der Waals surface area contributed by atoms with E-state index in [1.54, 1.807) is 11.3 Å². The Kier molecular flexibility index (Phi) is 5.32. The molecule has 4 heteroatoms. The molecule has 1 amide bonds. The fraction of sp³-hybridized carbons (Fsp3) is 0.312. The second kappa shape index (κ2) is 7.22. The summed E-state index contributed by atoms with van der Waals surface area (Å²) >= 11 is 1.69. The second-order valence-electron chi connectivity index (χ2n) is 4.64. The van der Waals surface area contributed by atoms with E-state index in [9.17, 15) is 4.79 Å². The number of hydrogen-bond acceptors (Lipinski definition) is 3. The fourth-order valence-corrected chi connectivity index (χ4v) is 3.12. The fourth-order valence-electron chi connectivity index (χ4n) is 2.21. The summed E-state index contributed by atoms with van der Waals surface area (Å²) in [5.74, 6) is -0.282. The number of carbonyl (C=O) groups excluding carboxylic acids is 1. The first-order valence-corrected chi connectivity index (χ1v) is 7.72. The predicted octanol–water partition coefficient (Wildman–Crippen LogP) is 2.67. The van der Waals surface area contributed by atoms with E-state index in [1.165, 1.54) is 10.4 Å². The molecule has 1 aromatic carbocycles. The Morgan fingerprint density at radius 2 is 2.05 bits per heavy atom. The smallest absolute Gasteiger partial charge is 0.229 e. The van der Waals surface area contributed by atoms with E-state index in [-0.39, 0.29) is 11.8 Å². The second-order valence-corrected chi connectivity index (χ2v) is 5.64. The van der Waals surface area contributed by atoms with E-state index in [0.717, 1.165) is 12.0 Å². The lowest BCUT2D eigenvalue weighted by Gasteiger charge is -2.15. The van der Waals surface area contributed by atoms with Crippen LogP contribution in [-0.2, 0) is 17.8 Å². The molecule has 0 spiro atoms. The van der Waals surface area contributed by atoms with Crippen molar-refractivity contribution >= 4 is 17.2 Å². The molecule has 2 aromatic rings. The Hall–Kier alpha value is -1.65. The molecule has 0 saturated heterocycles. The molecule has 1 heterocycles. The van der Waals surface area contributed by atoms with Gasteiger partial charge in [0.15, 0.2) is 0 Å². The van der Waals surface area contributed by atoms with Crippen molar-refractivity contribution in [2.24, 2.45) is 5.73 Å². The van der Waals surface area contributed by atoms with Gasteiger partial charge in [0.25, 0.3) is 0 Å². The lowest BCUT2D eigenvalue weighted by atomic mass is 9.98. The first-order valence-electron chi connectivity index (χ1n) is 6.84. The van der Waals surface area contributed by atoms with Gasteiger partial charge in [0.2, 0.25) is 5.91 Å². The molecule has 1 aromatic heterocycles. The van der Waals surface area contributed by atoms with E-state index < -0.39 is 0 Å². The lowest BCUT2D eigenvalue weighted by molar-refractivity contribution is -0.122. The van der Waals surface area contributed by atoms with Crippen molar-refractivity contribution in [1.29, 1.82) is 0 Å². The molecule has 1 unspecified atom stereocenters. The van der Waals surface area contributed by atoms with Gasteiger partial charge in [-0.05, 0) is 29.0 Å². The third-order valence-electron chi connectivity index (χ3n) is 3.40. The monoisotopic (exact) mass is 288 g/mol. The number of nitrogens with two attached hydrogens (primary N) is 1. The zero-order valence-electron chi connectivity index (χ0n) is 11.6. The number of thiophene rings is 1. The number of aryl methyl sites for hydroxylation is 1. The number of nitrogens with one attached hydrogen (secondary N) is 1. The summed E-state index contributed by atoms with van der Waals surface area (Å²) in [7, 11) is 0. The molecule has 0 aliphatic rings. The summed E-state index contributed by atoms with van der Waals surface area (Å²) in [5, 5.41) is 5.07. The number of rotatable bonds is 6. The van der Waals surface area contributed by atoms with Crippen LogP contribution < -0.4 is 11.1 Å². The van der Waals surface area contributed by atoms with Crippen molar-refractivity contribution in [2.75, 3.05) is 6.54 Å². The Morgan fingerprint density at radius 1 is 1.30 bits per heavy atom. The van der Waals surface area contributed by atoms with E-state index >= 15 is 0 Å². The van der Waals surface area contributed by atoms with Crippen molar-refractivity contribution in [3.63, 3.8) is 0 Å². The van der Waals surface area contributed by atoms with Crippen LogP contribution in [0.5, 0.6) is 0 Å². The normalized spacial score (nSPS) is 12.1. The first-order chi connectivity index (χ1) is 9.76. The minimum Gasteiger partial charge on any atom is -0.351 e. The van der Waals surface area contributed by atoms with Crippen LogP contribution in [0.4, 0.5) is 0 Å². The van der Waals surface area contributed by atoms with Crippen molar-refractivity contribution in [2.45, 2.75) is 25.8 Å². The molecule has 0 bridgehead atoms. The van der Waals surface area contributed by atoms with Crippen LogP contribution in [0.15, 0.2) is 41.8 Å².